The van der Waals surface area contributed by atoms with Crippen molar-refractivity contribution >= 4 is 11.6 Å². The molecule has 0 aliphatic heterocycles. The summed E-state index contributed by atoms with van der Waals surface area (Å²) in [5.74, 6) is 0.835. The van der Waals surface area contributed by atoms with E-state index in [1.54, 1.807) is 7.11 Å². The first kappa shape index (κ1) is 14.8. The molecule has 1 aromatic rings. The van der Waals surface area contributed by atoms with Crippen LogP contribution in [0.1, 0.15) is 25.8 Å². The first-order valence-corrected chi connectivity index (χ1v) is 6.39. The van der Waals surface area contributed by atoms with Gasteiger partial charge in [-0.25, -0.2) is 0 Å². The van der Waals surface area contributed by atoms with Gasteiger partial charge in [-0.1, -0.05) is 11.6 Å². The summed E-state index contributed by atoms with van der Waals surface area (Å²) in [6.07, 6.45) is 0.529. The van der Waals surface area contributed by atoms with Gasteiger partial charge in [-0.05, 0) is 32.0 Å². The Balaban J connectivity index is 2.85. The molecule has 1 aromatic carbocycles. The van der Waals surface area contributed by atoms with Crippen molar-refractivity contribution in [3.63, 3.8) is 0 Å². The van der Waals surface area contributed by atoms with E-state index in [0.717, 1.165) is 24.4 Å². The molecule has 0 aromatic heterocycles. The lowest BCUT2D eigenvalue weighted by molar-refractivity contribution is 0.215. The lowest BCUT2D eigenvalue weighted by atomic mass is 10.1. The number of rotatable bonds is 6. The van der Waals surface area contributed by atoms with Gasteiger partial charge in [0.15, 0.2) is 0 Å². The summed E-state index contributed by atoms with van der Waals surface area (Å²) in [6, 6.07) is 8.17. The second-order valence-electron chi connectivity index (χ2n) is 4.43. The van der Waals surface area contributed by atoms with Gasteiger partial charge in [-0.3, -0.25) is 4.90 Å². The quantitative estimate of drug-likeness (QED) is 0.791. The topological polar surface area (TPSA) is 36.3 Å². The fourth-order valence-corrected chi connectivity index (χ4v) is 2.00. The van der Waals surface area contributed by atoms with Crippen molar-refractivity contribution in [2.45, 2.75) is 32.9 Å². The molecular formula is C14H19ClN2O. The third kappa shape index (κ3) is 4.21. The van der Waals surface area contributed by atoms with Gasteiger partial charge in [0.25, 0.3) is 0 Å². The fraction of sp³-hybridized carbons (Fsp3) is 0.500. The fourth-order valence-electron chi connectivity index (χ4n) is 1.80. The van der Waals surface area contributed by atoms with Crippen LogP contribution in [0, 0.1) is 11.3 Å². The molecule has 0 atom stereocenters. The minimum Gasteiger partial charge on any atom is -0.496 e. The van der Waals surface area contributed by atoms with E-state index in [9.17, 15) is 0 Å². The Morgan fingerprint density at radius 1 is 1.44 bits per heavy atom. The van der Waals surface area contributed by atoms with Crippen LogP contribution in [0.4, 0.5) is 0 Å². The van der Waals surface area contributed by atoms with Crippen molar-refractivity contribution in [3.8, 4) is 11.8 Å². The lowest BCUT2D eigenvalue weighted by Crippen LogP contribution is -2.31. The Kier molecular flexibility index (Phi) is 5.97. The van der Waals surface area contributed by atoms with E-state index in [0.29, 0.717) is 17.5 Å². The number of nitrogens with zero attached hydrogens (tertiary/aromatic N) is 2. The highest BCUT2D eigenvalue weighted by Crippen LogP contribution is 2.24. The molecule has 0 fully saturated rings. The van der Waals surface area contributed by atoms with Crippen molar-refractivity contribution in [1.82, 2.24) is 4.90 Å². The standard InChI is InChI=1S/C14H19ClN2O/c1-11(2)17(8-4-7-16)10-12-9-13(15)5-6-14(12)18-3/h5-6,9,11H,4,8,10H2,1-3H3. The second-order valence-corrected chi connectivity index (χ2v) is 4.86. The summed E-state index contributed by atoms with van der Waals surface area (Å²) in [5, 5.41) is 9.39. The largest absolute Gasteiger partial charge is 0.496 e. The van der Waals surface area contributed by atoms with Crippen molar-refractivity contribution < 1.29 is 4.74 Å². The molecule has 0 saturated heterocycles. The molecule has 0 bridgehead atoms. The molecule has 0 aliphatic carbocycles. The summed E-state index contributed by atoms with van der Waals surface area (Å²) < 4.78 is 5.34. The minimum absolute atomic E-state index is 0.377. The smallest absolute Gasteiger partial charge is 0.123 e. The van der Waals surface area contributed by atoms with E-state index in [1.165, 1.54) is 0 Å². The highest BCUT2D eigenvalue weighted by Gasteiger charge is 2.13. The zero-order chi connectivity index (χ0) is 13.5. The highest BCUT2D eigenvalue weighted by molar-refractivity contribution is 6.30. The SMILES string of the molecule is COc1ccc(Cl)cc1CN(CCC#N)C(C)C. The van der Waals surface area contributed by atoms with Gasteiger partial charge >= 0.3 is 0 Å². The molecule has 0 unspecified atom stereocenters. The molecule has 18 heavy (non-hydrogen) atoms. The van der Waals surface area contributed by atoms with Gasteiger partial charge in [0.1, 0.15) is 5.75 Å². The monoisotopic (exact) mass is 266 g/mol. The van der Waals surface area contributed by atoms with Crippen LogP contribution in [0.2, 0.25) is 5.02 Å². The maximum Gasteiger partial charge on any atom is 0.123 e. The average molecular weight is 267 g/mol. The van der Waals surface area contributed by atoms with E-state index >= 15 is 0 Å². The number of methoxy groups -OCH3 is 1. The van der Waals surface area contributed by atoms with Gasteiger partial charge in [-0.15, -0.1) is 0 Å². The summed E-state index contributed by atoms with van der Waals surface area (Å²) in [7, 11) is 1.65. The maximum atomic E-state index is 8.69. The predicted octanol–water partition coefficient (Wildman–Crippen LogP) is 3.47. The van der Waals surface area contributed by atoms with Gasteiger partial charge in [0.2, 0.25) is 0 Å². The van der Waals surface area contributed by atoms with Crippen LogP contribution >= 0.6 is 11.6 Å². The lowest BCUT2D eigenvalue weighted by Gasteiger charge is -2.26. The van der Waals surface area contributed by atoms with E-state index in [2.05, 4.69) is 24.8 Å². The third-order valence-corrected chi connectivity index (χ3v) is 3.09. The van der Waals surface area contributed by atoms with Crippen LogP contribution in [0.15, 0.2) is 18.2 Å². The molecule has 0 N–H and O–H groups in total. The van der Waals surface area contributed by atoms with Crippen molar-refractivity contribution in [2.24, 2.45) is 0 Å². The van der Waals surface area contributed by atoms with Crippen molar-refractivity contribution in [1.29, 1.82) is 5.26 Å². The Hall–Kier alpha value is -1.24. The normalized spacial score (nSPS) is 10.7. The Bertz CT molecular complexity index is 426. The van der Waals surface area contributed by atoms with Crippen molar-refractivity contribution in [2.75, 3.05) is 13.7 Å². The zero-order valence-electron chi connectivity index (χ0n) is 11.1. The van der Waals surface area contributed by atoms with Crippen LogP contribution in [0.25, 0.3) is 0 Å². The molecule has 0 saturated carbocycles. The maximum absolute atomic E-state index is 8.69. The van der Waals surface area contributed by atoms with E-state index in [-0.39, 0.29) is 0 Å². The molecule has 0 spiro atoms. The molecular weight excluding hydrogens is 248 g/mol. The molecule has 3 nitrogen and oxygen atoms in total. The number of hydrogen-bond donors (Lipinski definition) is 0. The van der Waals surface area contributed by atoms with Gasteiger partial charge in [0, 0.05) is 36.1 Å². The highest BCUT2D eigenvalue weighted by atomic mass is 35.5. The number of halogens is 1. The minimum atomic E-state index is 0.377. The number of benzene rings is 1. The molecule has 4 heteroatoms. The molecule has 0 radical (unpaired) electrons. The van der Waals surface area contributed by atoms with Crippen LogP contribution in [0.3, 0.4) is 0 Å². The van der Waals surface area contributed by atoms with E-state index < -0.39 is 0 Å². The third-order valence-electron chi connectivity index (χ3n) is 2.86. The first-order chi connectivity index (χ1) is 8.58. The second kappa shape index (κ2) is 7.25. The molecule has 0 aliphatic rings. The van der Waals surface area contributed by atoms with Crippen LogP contribution in [-0.4, -0.2) is 24.6 Å². The number of ether oxygens (including phenoxy) is 1. The molecule has 0 amide bonds. The summed E-state index contributed by atoms with van der Waals surface area (Å²) in [5.41, 5.74) is 1.05. The van der Waals surface area contributed by atoms with Crippen LogP contribution in [-0.2, 0) is 6.54 Å². The van der Waals surface area contributed by atoms with E-state index in [4.69, 9.17) is 21.6 Å². The number of hydrogen-bond acceptors (Lipinski definition) is 3. The number of nitriles is 1. The molecule has 0 heterocycles. The van der Waals surface area contributed by atoms with Crippen LogP contribution < -0.4 is 4.74 Å². The van der Waals surface area contributed by atoms with Crippen molar-refractivity contribution in [3.05, 3.63) is 28.8 Å². The van der Waals surface area contributed by atoms with E-state index in [1.807, 2.05) is 18.2 Å². The Morgan fingerprint density at radius 2 is 2.17 bits per heavy atom. The van der Waals surface area contributed by atoms with Gasteiger partial charge < -0.3 is 4.74 Å². The average Bonchev–Trinajstić information content (AvgIpc) is 2.34. The molecule has 1 rings (SSSR count). The van der Waals surface area contributed by atoms with Crippen LogP contribution in [0.5, 0.6) is 5.75 Å². The zero-order valence-corrected chi connectivity index (χ0v) is 11.9. The first-order valence-electron chi connectivity index (χ1n) is 6.02. The summed E-state index contributed by atoms with van der Waals surface area (Å²) in [6.45, 7) is 5.73. The Labute approximate surface area is 114 Å². The summed E-state index contributed by atoms with van der Waals surface area (Å²) in [4.78, 5) is 2.23. The van der Waals surface area contributed by atoms with Gasteiger partial charge in [0.05, 0.1) is 13.2 Å². The van der Waals surface area contributed by atoms with Gasteiger partial charge in [-0.2, -0.15) is 5.26 Å². The summed E-state index contributed by atoms with van der Waals surface area (Å²) >= 11 is 6.01. The predicted molar refractivity (Wildman–Crippen MR) is 73.8 cm³/mol. The molecule has 98 valence electrons. The Morgan fingerprint density at radius 3 is 2.72 bits per heavy atom.